The fraction of sp³-hybridized carbons (Fsp3) is 0.333. The van der Waals surface area contributed by atoms with E-state index in [1.807, 2.05) is 0 Å². The van der Waals surface area contributed by atoms with Crippen molar-refractivity contribution in [1.82, 2.24) is 9.80 Å². The molecule has 3 aromatic carbocycles. The van der Waals surface area contributed by atoms with Crippen LogP contribution in [-0.4, -0.2) is 35.0 Å². The Morgan fingerprint density at radius 3 is 1.73 bits per heavy atom. The number of piperidine rings is 1. The number of rotatable bonds is 8. The zero-order valence-electron chi connectivity index (χ0n) is 17.8. The molecular formula is C27H33N3. The first-order valence-corrected chi connectivity index (χ1v) is 11.1. The van der Waals surface area contributed by atoms with Crippen LogP contribution in [0.3, 0.4) is 0 Å². The Morgan fingerprint density at radius 2 is 1.23 bits per heavy atom. The summed E-state index contributed by atoms with van der Waals surface area (Å²) in [6.07, 6.45) is 2.33. The highest BCUT2D eigenvalue weighted by Crippen LogP contribution is 2.31. The number of nitrogens with zero attached hydrogens (tertiary/aromatic N) is 2. The molecule has 1 unspecified atom stereocenters. The third-order valence-corrected chi connectivity index (χ3v) is 6.37. The summed E-state index contributed by atoms with van der Waals surface area (Å²) < 4.78 is 0. The van der Waals surface area contributed by atoms with Crippen molar-refractivity contribution < 1.29 is 0 Å². The van der Waals surface area contributed by atoms with Crippen LogP contribution in [0.25, 0.3) is 0 Å². The molecule has 0 spiro atoms. The van der Waals surface area contributed by atoms with Crippen molar-refractivity contribution >= 4 is 0 Å². The molecule has 30 heavy (non-hydrogen) atoms. The molecule has 0 amide bonds. The van der Waals surface area contributed by atoms with E-state index >= 15 is 0 Å². The average molecular weight is 400 g/mol. The van der Waals surface area contributed by atoms with Gasteiger partial charge in [-0.15, -0.1) is 0 Å². The quantitative estimate of drug-likeness (QED) is 0.597. The summed E-state index contributed by atoms with van der Waals surface area (Å²) in [5.74, 6) is 0. The second-order valence-corrected chi connectivity index (χ2v) is 8.56. The lowest BCUT2D eigenvalue weighted by molar-refractivity contribution is 0.00203. The summed E-state index contributed by atoms with van der Waals surface area (Å²) in [6, 6.07) is 32.4. The van der Waals surface area contributed by atoms with E-state index in [0.717, 1.165) is 39.1 Å². The molecular weight excluding hydrogens is 366 g/mol. The fourth-order valence-electron chi connectivity index (χ4n) is 4.74. The molecule has 0 radical (unpaired) electrons. The molecule has 0 aliphatic carbocycles. The maximum atomic E-state index is 6.53. The zero-order chi connectivity index (χ0) is 20.7. The van der Waals surface area contributed by atoms with Gasteiger partial charge in [0.1, 0.15) is 0 Å². The van der Waals surface area contributed by atoms with Gasteiger partial charge in [-0.25, -0.2) is 0 Å². The van der Waals surface area contributed by atoms with Gasteiger partial charge in [-0.05, 0) is 36.1 Å². The summed E-state index contributed by atoms with van der Waals surface area (Å²) in [4.78, 5) is 5.23. The van der Waals surface area contributed by atoms with E-state index in [-0.39, 0.29) is 5.54 Å². The standard InChI is InChI=1S/C27H33N3/c28-22-27(17-10-18-29(23-27)19-24-11-4-1-5-12-24)30(20-25-13-6-2-7-14-25)21-26-15-8-3-9-16-26/h1-9,11-16H,10,17-23,28H2. The van der Waals surface area contributed by atoms with Gasteiger partial charge in [-0.2, -0.15) is 0 Å². The maximum absolute atomic E-state index is 6.53. The predicted octanol–water partition coefficient (Wildman–Crippen LogP) is 4.68. The Balaban J connectivity index is 1.58. The second-order valence-electron chi connectivity index (χ2n) is 8.56. The van der Waals surface area contributed by atoms with Crippen LogP contribution < -0.4 is 5.73 Å². The Bertz CT molecular complexity index is 840. The predicted molar refractivity (Wildman–Crippen MR) is 125 cm³/mol. The minimum Gasteiger partial charge on any atom is -0.329 e. The van der Waals surface area contributed by atoms with Gasteiger partial charge in [0.2, 0.25) is 0 Å². The largest absolute Gasteiger partial charge is 0.329 e. The average Bonchev–Trinajstić information content (AvgIpc) is 2.81. The van der Waals surface area contributed by atoms with Gasteiger partial charge in [0.25, 0.3) is 0 Å². The highest BCUT2D eigenvalue weighted by Gasteiger charge is 2.39. The van der Waals surface area contributed by atoms with Gasteiger partial charge in [0.15, 0.2) is 0 Å². The monoisotopic (exact) mass is 399 g/mol. The molecule has 3 heteroatoms. The summed E-state index contributed by atoms with van der Waals surface area (Å²) in [5.41, 5.74) is 10.6. The van der Waals surface area contributed by atoms with E-state index in [0.29, 0.717) is 6.54 Å². The second kappa shape index (κ2) is 10.0. The minimum absolute atomic E-state index is 0.0152. The molecule has 0 saturated carbocycles. The van der Waals surface area contributed by atoms with Crippen molar-refractivity contribution in [3.63, 3.8) is 0 Å². The third kappa shape index (κ3) is 5.17. The van der Waals surface area contributed by atoms with E-state index in [2.05, 4.69) is 101 Å². The molecule has 3 aromatic rings. The van der Waals surface area contributed by atoms with Crippen LogP contribution in [0.1, 0.15) is 29.5 Å². The number of likely N-dealkylation sites (tertiary alicyclic amines) is 1. The molecule has 1 aliphatic heterocycles. The van der Waals surface area contributed by atoms with E-state index in [1.165, 1.54) is 23.1 Å². The van der Waals surface area contributed by atoms with Gasteiger partial charge >= 0.3 is 0 Å². The summed E-state index contributed by atoms with van der Waals surface area (Å²) in [6.45, 7) is 5.67. The van der Waals surface area contributed by atoms with Gasteiger partial charge in [-0.3, -0.25) is 9.80 Å². The van der Waals surface area contributed by atoms with E-state index in [4.69, 9.17) is 5.73 Å². The Morgan fingerprint density at radius 1 is 0.733 bits per heavy atom. The number of nitrogens with two attached hydrogens (primary N) is 1. The maximum Gasteiger partial charge on any atom is 0.0466 e. The lowest BCUT2D eigenvalue weighted by atomic mass is 9.85. The minimum atomic E-state index is -0.0152. The van der Waals surface area contributed by atoms with Crippen molar-refractivity contribution in [1.29, 1.82) is 0 Å². The Hall–Kier alpha value is -2.46. The van der Waals surface area contributed by atoms with Crippen molar-refractivity contribution in [3.05, 3.63) is 108 Å². The smallest absolute Gasteiger partial charge is 0.0466 e. The number of benzene rings is 3. The molecule has 0 aromatic heterocycles. The molecule has 1 fully saturated rings. The number of hydrogen-bond acceptors (Lipinski definition) is 3. The molecule has 1 aliphatic rings. The van der Waals surface area contributed by atoms with Crippen LogP contribution in [0.2, 0.25) is 0 Å². The lowest BCUT2D eigenvalue weighted by Gasteiger charge is -2.49. The number of hydrogen-bond donors (Lipinski definition) is 1. The first-order chi connectivity index (χ1) is 14.8. The van der Waals surface area contributed by atoms with Gasteiger partial charge in [0, 0.05) is 38.3 Å². The van der Waals surface area contributed by atoms with Gasteiger partial charge in [-0.1, -0.05) is 91.0 Å². The van der Waals surface area contributed by atoms with Crippen molar-refractivity contribution in [3.8, 4) is 0 Å². The van der Waals surface area contributed by atoms with Crippen LogP contribution in [0, 0.1) is 0 Å². The molecule has 2 N–H and O–H groups in total. The van der Waals surface area contributed by atoms with Crippen molar-refractivity contribution in [2.75, 3.05) is 19.6 Å². The molecule has 0 bridgehead atoms. The van der Waals surface area contributed by atoms with Crippen LogP contribution in [0.4, 0.5) is 0 Å². The normalized spacial score (nSPS) is 19.8. The van der Waals surface area contributed by atoms with Gasteiger partial charge < -0.3 is 5.73 Å². The van der Waals surface area contributed by atoms with E-state index < -0.39 is 0 Å². The van der Waals surface area contributed by atoms with Crippen molar-refractivity contribution in [2.45, 2.75) is 38.0 Å². The summed E-state index contributed by atoms with van der Waals surface area (Å²) in [7, 11) is 0. The van der Waals surface area contributed by atoms with E-state index in [9.17, 15) is 0 Å². The van der Waals surface area contributed by atoms with Crippen LogP contribution in [-0.2, 0) is 19.6 Å². The summed E-state index contributed by atoms with van der Waals surface area (Å²) in [5, 5.41) is 0. The third-order valence-electron chi connectivity index (χ3n) is 6.37. The molecule has 156 valence electrons. The first kappa shape index (κ1) is 20.8. The van der Waals surface area contributed by atoms with Gasteiger partial charge in [0.05, 0.1) is 0 Å². The van der Waals surface area contributed by atoms with Crippen LogP contribution >= 0.6 is 0 Å². The molecule has 4 rings (SSSR count). The fourth-order valence-corrected chi connectivity index (χ4v) is 4.74. The summed E-state index contributed by atoms with van der Waals surface area (Å²) >= 11 is 0. The Labute approximate surface area is 181 Å². The zero-order valence-corrected chi connectivity index (χ0v) is 17.8. The topological polar surface area (TPSA) is 32.5 Å². The molecule has 1 saturated heterocycles. The Kier molecular flexibility index (Phi) is 6.96. The molecule has 3 nitrogen and oxygen atoms in total. The van der Waals surface area contributed by atoms with Crippen LogP contribution in [0.15, 0.2) is 91.0 Å². The molecule has 1 atom stereocenters. The van der Waals surface area contributed by atoms with E-state index in [1.54, 1.807) is 0 Å². The highest BCUT2D eigenvalue weighted by molar-refractivity contribution is 5.19. The van der Waals surface area contributed by atoms with Crippen molar-refractivity contribution in [2.24, 2.45) is 5.73 Å². The first-order valence-electron chi connectivity index (χ1n) is 11.1. The lowest BCUT2D eigenvalue weighted by Crippen LogP contribution is -2.61. The van der Waals surface area contributed by atoms with Crippen LogP contribution in [0.5, 0.6) is 0 Å². The highest BCUT2D eigenvalue weighted by atomic mass is 15.3. The SMILES string of the molecule is NCC1(N(Cc2ccccc2)Cc2ccccc2)CCCN(Cc2ccccc2)C1. The molecule has 1 heterocycles.